The van der Waals surface area contributed by atoms with Gasteiger partial charge in [0, 0.05) is 37.8 Å². The van der Waals surface area contributed by atoms with Crippen molar-refractivity contribution in [1.82, 2.24) is 9.88 Å². The van der Waals surface area contributed by atoms with Gasteiger partial charge in [0.1, 0.15) is 10.6 Å². The molecule has 10 heteroatoms. The van der Waals surface area contributed by atoms with E-state index in [1.807, 2.05) is 17.0 Å². The molecule has 42 heavy (non-hydrogen) atoms. The molecule has 8 nitrogen and oxygen atoms in total. The minimum atomic E-state index is -3.94. The van der Waals surface area contributed by atoms with Crippen LogP contribution in [0.25, 0.3) is 10.9 Å². The molecule has 1 amide bonds. The van der Waals surface area contributed by atoms with E-state index in [0.29, 0.717) is 36.6 Å². The maximum absolute atomic E-state index is 13.5. The Morgan fingerprint density at radius 1 is 0.976 bits per heavy atom. The van der Waals surface area contributed by atoms with E-state index in [-0.39, 0.29) is 21.5 Å². The number of carbonyl (C=O) groups is 1. The van der Waals surface area contributed by atoms with Gasteiger partial charge in [-0.25, -0.2) is 8.42 Å². The van der Waals surface area contributed by atoms with E-state index in [4.69, 9.17) is 16.3 Å². The highest BCUT2D eigenvalue weighted by Gasteiger charge is 2.26. The number of nitrogens with one attached hydrogen (secondary N) is 1. The summed E-state index contributed by atoms with van der Waals surface area (Å²) in [5.74, 6) is 1.33. The summed E-state index contributed by atoms with van der Waals surface area (Å²) in [6.45, 7) is 2.60. The minimum absolute atomic E-state index is 0.0697. The predicted molar refractivity (Wildman–Crippen MR) is 166 cm³/mol. The SMILES string of the molecule is COc1cc(C2CCC2)ccc1N1CCCN(C(=O)c2ccc(NS(=O)(=O)c3cccc4cccnc34)cc2Cl)CC1. The molecule has 1 aromatic heterocycles. The number of halogens is 1. The van der Waals surface area contributed by atoms with Crippen LogP contribution in [0.2, 0.25) is 5.02 Å². The van der Waals surface area contributed by atoms with Gasteiger partial charge in [0.25, 0.3) is 15.9 Å². The fraction of sp³-hybridized carbons (Fsp3) is 0.312. The Bertz CT molecular complexity index is 1740. The van der Waals surface area contributed by atoms with Crippen molar-refractivity contribution in [2.75, 3.05) is 42.9 Å². The molecular formula is C32H33ClN4O4S. The lowest BCUT2D eigenvalue weighted by molar-refractivity contribution is 0.0767. The number of para-hydroxylation sites is 1. The van der Waals surface area contributed by atoms with Crippen molar-refractivity contribution in [1.29, 1.82) is 0 Å². The first kappa shape index (κ1) is 28.3. The number of sulfonamides is 1. The van der Waals surface area contributed by atoms with Crippen molar-refractivity contribution in [3.63, 3.8) is 0 Å². The van der Waals surface area contributed by atoms with E-state index in [2.05, 4.69) is 32.8 Å². The number of hydrogen-bond acceptors (Lipinski definition) is 6. The van der Waals surface area contributed by atoms with Crippen LogP contribution in [0.1, 0.15) is 47.5 Å². The third kappa shape index (κ3) is 5.63. The zero-order chi connectivity index (χ0) is 29.3. The van der Waals surface area contributed by atoms with Gasteiger partial charge >= 0.3 is 0 Å². The molecule has 1 aliphatic carbocycles. The first-order valence-electron chi connectivity index (χ1n) is 14.2. The molecule has 3 aromatic carbocycles. The standard InChI is InChI=1S/C32H33ClN4O4S/c1-41-29-20-24(22-6-2-7-22)11-14-28(29)36-16-5-17-37(19-18-36)32(38)26-13-12-25(21-27(26)33)35-42(39,40)30-10-3-8-23-9-4-15-34-31(23)30/h3-4,8-15,20-22,35H,2,5-7,16-19H2,1H3. The summed E-state index contributed by atoms with van der Waals surface area (Å²) in [6.07, 6.45) is 6.12. The van der Waals surface area contributed by atoms with Crippen LogP contribution in [0.3, 0.4) is 0 Å². The van der Waals surface area contributed by atoms with Gasteiger partial charge in [-0.05, 0) is 73.2 Å². The molecule has 1 saturated carbocycles. The Labute approximate surface area is 251 Å². The summed E-state index contributed by atoms with van der Waals surface area (Å²) in [7, 11) is -2.23. The van der Waals surface area contributed by atoms with Gasteiger partial charge in [-0.1, -0.05) is 42.3 Å². The maximum atomic E-state index is 13.5. The van der Waals surface area contributed by atoms with Crippen LogP contribution < -0.4 is 14.4 Å². The minimum Gasteiger partial charge on any atom is -0.495 e. The first-order valence-corrected chi connectivity index (χ1v) is 16.1. The number of ether oxygens (including phenoxy) is 1. The second-order valence-electron chi connectivity index (χ2n) is 10.8. The lowest BCUT2D eigenvalue weighted by Crippen LogP contribution is -2.35. The molecule has 1 saturated heterocycles. The molecule has 2 fully saturated rings. The van der Waals surface area contributed by atoms with Crippen LogP contribution in [0.5, 0.6) is 5.75 Å². The van der Waals surface area contributed by atoms with Gasteiger partial charge in [0.2, 0.25) is 0 Å². The molecule has 6 rings (SSSR count). The highest BCUT2D eigenvalue weighted by Crippen LogP contribution is 2.40. The Hall–Kier alpha value is -3.82. The number of fused-ring (bicyclic) bond motifs is 1. The molecule has 1 N–H and O–H groups in total. The normalized spacial score (nSPS) is 16.1. The van der Waals surface area contributed by atoms with E-state index in [1.54, 1.807) is 37.6 Å². The lowest BCUT2D eigenvalue weighted by Gasteiger charge is -2.29. The van der Waals surface area contributed by atoms with Crippen LogP contribution in [0, 0.1) is 0 Å². The van der Waals surface area contributed by atoms with Gasteiger partial charge in [-0.2, -0.15) is 0 Å². The molecule has 4 aromatic rings. The Morgan fingerprint density at radius 2 is 1.81 bits per heavy atom. The van der Waals surface area contributed by atoms with E-state index in [1.165, 1.54) is 37.0 Å². The summed E-state index contributed by atoms with van der Waals surface area (Å²) in [4.78, 5) is 21.9. The Kier molecular flexibility index (Phi) is 7.96. The number of aromatic nitrogens is 1. The molecule has 0 atom stereocenters. The summed E-state index contributed by atoms with van der Waals surface area (Å²) in [6, 6.07) is 19.7. The molecule has 2 heterocycles. The summed E-state index contributed by atoms with van der Waals surface area (Å²) in [5, 5.41) is 0.907. The third-order valence-corrected chi connectivity index (χ3v) is 9.97. The van der Waals surface area contributed by atoms with Gasteiger partial charge in [-0.3, -0.25) is 14.5 Å². The van der Waals surface area contributed by atoms with E-state index in [9.17, 15) is 13.2 Å². The number of nitrogens with zero attached hydrogens (tertiary/aromatic N) is 3. The second kappa shape index (κ2) is 11.8. The predicted octanol–water partition coefficient (Wildman–Crippen LogP) is 6.32. The topological polar surface area (TPSA) is 91.8 Å². The zero-order valence-corrected chi connectivity index (χ0v) is 25.0. The Balaban J connectivity index is 1.15. The van der Waals surface area contributed by atoms with Crippen LogP contribution >= 0.6 is 11.6 Å². The van der Waals surface area contributed by atoms with Crippen LogP contribution in [-0.4, -0.2) is 57.5 Å². The summed E-state index contributed by atoms with van der Waals surface area (Å²) in [5.41, 5.74) is 3.37. The quantitative estimate of drug-likeness (QED) is 0.265. The molecule has 0 spiro atoms. The fourth-order valence-corrected chi connectivity index (χ4v) is 7.23. The van der Waals surface area contributed by atoms with Gasteiger partial charge in [0.15, 0.2) is 0 Å². The number of amides is 1. The molecule has 0 radical (unpaired) electrons. The number of rotatable bonds is 7. The van der Waals surface area contributed by atoms with Crippen LogP contribution in [0.15, 0.2) is 77.8 Å². The van der Waals surface area contributed by atoms with E-state index >= 15 is 0 Å². The number of carbonyl (C=O) groups excluding carboxylic acids is 1. The lowest BCUT2D eigenvalue weighted by atomic mass is 9.80. The summed E-state index contributed by atoms with van der Waals surface area (Å²) >= 11 is 6.55. The van der Waals surface area contributed by atoms with Crippen LogP contribution in [0.4, 0.5) is 11.4 Å². The Morgan fingerprint density at radius 3 is 2.57 bits per heavy atom. The molecule has 0 unspecified atom stereocenters. The van der Waals surface area contributed by atoms with Crippen molar-refractivity contribution < 1.29 is 17.9 Å². The number of anilines is 2. The number of methoxy groups -OCH3 is 1. The monoisotopic (exact) mass is 604 g/mol. The smallest absolute Gasteiger partial charge is 0.264 e. The zero-order valence-electron chi connectivity index (χ0n) is 23.4. The number of benzene rings is 3. The number of pyridine rings is 1. The van der Waals surface area contributed by atoms with E-state index in [0.717, 1.165) is 29.8 Å². The molecule has 218 valence electrons. The first-order chi connectivity index (χ1) is 20.3. The van der Waals surface area contributed by atoms with Crippen molar-refractivity contribution >= 4 is 49.8 Å². The van der Waals surface area contributed by atoms with Crippen molar-refractivity contribution in [3.05, 3.63) is 89.1 Å². The number of hydrogen-bond donors (Lipinski definition) is 1. The highest BCUT2D eigenvalue weighted by molar-refractivity contribution is 7.93. The van der Waals surface area contributed by atoms with Gasteiger partial charge in [0.05, 0.1) is 34.6 Å². The van der Waals surface area contributed by atoms with E-state index < -0.39 is 10.0 Å². The average Bonchev–Trinajstić information content (AvgIpc) is 3.22. The third-order valence-electron chi connectivity index (χ3n) is 8.24. The maximum Gasteiger partial charge on any atom is 0.264 e. The van der Waals surface area contributed by atoms with Crippen molar-refractivity contribution in [3.8, 4) is 5.75 Å². The molecular weight excluding hydrogens is 572 g/mol. The molecule has 1 aliphatic heterocycles. The van der Waals surface area contributed by atoms with Crippen molar-refractivity contribution in [2.24, 2.45) is 0 Å². The van der Waals surface area contributed by atoms with Gasteiger partial charge in [-0.15, -0.1) is 0 Å². The molecule has 0 bridgehead atoms. The fourth-order valence-electron chi connectivity index (χ4n) is 5.74. The summed E-state index contributed by atoms with van der Waals surface area (Å²) < 4.78 is 34.8. The van der Waals surface area contributed by atoms with Gasteiger partial charge < -0.3 is 14.5 Å². The largest absolute Gasteiger partial charge is 0.495 e. The highest BCUT2D eigenvalue weighted by atomic mass is 35.5. The van der Waals surface area contributed by atoms with Crippen molar-refractivity contribution in [2.45, 2.75) is 36.5 Å². The van der Waals surface area contributed by atoms with Crippen LogP contribution in [-0.2, 0) is 10.0 Å². The second-order valence-corrected chi connectivity index (χ2v) is 12.9. The molecule has 2 aliphatic rings. The average molecular weight is 605 g/mol.